The summed E-state index contributed by atoms with van der Waals surface area (Å²) in [6, 6.07) is 9.35. The Balaban J connectivity index is 1.95. The highest BCUT2D eigenvalue weighted by atomic mass is 14.9. The van der Waals surface area contributed by atoms with Gasteiger partial charge in [-0.3, -0.25) is 0 Å². The molecule has 1 heterocycles. The molecule has 2 nitrogen and oxygen atoms in total. The van der Waals surface area contributed by atoms with E-state index in [0.29, 0.717) is 12.6 Å². The summed E-state index contributed by atoms with van der Waals surface area (Å²) in [6.45, 7) is 1.83. The normalized spacial score (nSPS) is 21.4. The van der Waals surface area contributed by atoms with Gasteiger partial charge in [0.25, 0.3) is 0 Å². The van der Waals surface area contributed by atoms with E-state index in [4.69, 9.17) is 5.73 Å². The molecule has 1 aromatic carbocycles. The van der Waals surface area contributed by atoms with E-state index >= 15 is 0 Å². The highest BCUT2D eigenvalue weighted by molar-refractivity contribution is 5.23. The zero-order valence-electron chi connectivity index (χ0n) is 8.50. The van der Waals surface area contributed by atoms with E-state index in [9.17, 15) is 0 Å². The van der Waals surface area contributed by atoms with Crippen LogP contribution in [-0.2, 0) is 13.0 Å². The maximum absolute atomic E-state index is 5.55. The summed E-state index contributed by atoms with van der Waals surface area (Å²) in [5.74, 6) is 0. The van der Waals surface area contributed by atoms with Crippen LogP contribution in [0.25, 0.3) is 0 Å². The van der Waals surface area contributed by atoms with E-state index in [2.05, 4.69) is 29.6 Å². The van der Waals surface area contributed by atoms with Gasteiger partial charge in [0, 0.05) is 12.6 Å². The fraction of sp³-hybridized carbons (Fsp3) is 0.500. The highest BCUT2D eigenvalue weighted by Crippen LogP contribution is 2.12. The molecule has 0 amide bonds. The minimum atomic E-state index is 0.641. The van der Waals surface area contributed by atoms with Crippen molar-refractivity contribution < 1.29 is 0 Å². The number of nitrogens with two attached hydrogens (primary N) is 1. The standard InChI is InChI=1S/C12H18N2/c13-9-11-5-3-10(4-6-11)8-12-2-1-7-14-12/h3-6,12,14H,1-2,7-9,13H2/t12-/m0/s1. The number of hydrogen-bond acceptors (Lipinski definition) is 2. The topological polar surface area (TPSA) is 38.0 Å². The molecule has 0 aliphatic carbocycles. The SMILES string of the molecule is NCc1ccc(C[C@@H]2CCCN2)cc1. The first kappa shape index (κ1) is 9.69. The van der Waals surface area contributed by atoms with Crippen molar-refractivity contribution in [3.05, 3.63) is 35.4 Å². The van der Waals surface area contributed by atoms with Crippen molar-refractivity contribution in [2.45, 2.75) is 31.8 Å². The summed E-state index contributed by atoms with van der Waals surface area (Å²) in [5, 5.41) is 3.51. The molecule has 3 N–H and O–H groups in total. The van der Waals surface area contributed by atoms with Crippen LogP contribution in [-0.4, -0.2) is 12.6 Å². The Labute approximate surface area is 85.5 Å². The van der Waals surface area contributed by atoms with Gasteiger partial charge in [-0.2, -0.15) is 0 Å². The van der Waals surface area contributed by atoms with Gasteiger partial charge in [0.15, 0.2) is 0 Å². The van der Waals surface area contributed by atoms with Crippen LogP contribution >= 0.6 is 0 Å². The van der Waals surface area contributed by atoms with Crippen LogP contribution in [0.2, 0.25) is 0 Å². The average Bonchev–Trinajstić information content (AvgIpc) is 2.72. The molecule has 1 aliphatic rings. The summed E-state index contributed by atoms with van der Waals surface area (Å²) < 4.78 is 0. The molecule has 0 bridgehead atoms. The Morgan fingerprint density at radius 2 is 1.93 bits per heavy atom. The Hall–Kier alpha value is -0.860. The zero-order chi connectivity index (χ0) is 9.80. The molecule has 1 fully saturated rings. The fourth-order valence-electron chi connectivity index (χ4n) is 2.03. The maximum Gasteiger partial charge on any atom is 0.0178 e. The number of hydrogen-bond donors (Lipinski definition) is 2. The van der Waals surface area contributed by atoms with Crippen LogP contribution in [0.5, 0.6) is 0 Å². The van der Waals surface area contributed by atoms with Gasteiger partial charge in [-0.15, -0.1) is 0 Å². The molecule has 76 valence electrons. The van der Waals surface area contributed by atoms with Gasteiger partial charge in [-0.25, -0.2) is 0 Å². The lowest BCUT2D eigenvalue weighted by atomic mass is 10.0. The zero-order valence-corrected chi connectivity index (χ0v) is 8.50. The first-order valence-electron chi connectivity index (χ1n) is 5.40. The van der Waals surface area contributed by atoms with Gasteiger partial charge >= 0.3 is 0 Å². The summed E-state index contributed by atoms with van der Waals surface area (Å²) >= 11 is 0. The van der Waals surface area contributed by atoms with Crippen molar-refractivity contribution in [3.8, 4) is 0 Å². The number of nitrogens with one attached hydrogen (secondary N) is 1. The van der Waals surface area contributed by atoms with Crippen LogP contribution in [0.4, 0.5) is 0 Å². The van der Waals surface area contributed by atoms with Gasteiger partial charge in [-0.1, -0.05) is 24.3 Å². The molecule has 14 heavy (non-hydrogen) atoms. The van der Waals surface area contributed by atoms with Crippen LogP contribution in [0.1, 0.15) is 24.0 Å². The first-order valence-corrected chi connectivity index (χ1v) is 5.40. The van der Waals surface area contributed by atoms with Crippen molar-refractivity contribution >= 4 is 0 Å². The second-order valence-corrected chi connectivity index (χ2v) is 4.02. The summed E-state index contributed by atoms with van der Waals surface area (Å²) in [7, 11) is 0. The van der Waals surface area contributed by atoms with E-state index < -0.39 is 0 Å². The molecule has 0 spiro atoms. The molecular weight excluding hydrogens is 172 g/mol. The third-order valence-corrected chi connectivity index (χ3v) is 2.90. The van der Waals surface area contributed by atoms with Crippen molar-refractivity contribution in [2.24, 2.45) is 5.73 Å². The lowest BCUT2D eigenvalue weighted by Gasteiger charge is -2.10. The molecule has 0 unspecified atom stereocenters. The molecule has 1 aliphatic heterocycles. The van der Waals surface area contributed by atoms with E-state index in [0.717, 1.165) is 6.42 Å². The predicted molar refractivity (Wildman–Crippen MR) is 59.1 cm³/mol. The van der Waals surface area contributed by atoms with Crippen molar-refractivity contribution in [3.63, 3.8) is 0 Å². The van der Waals surface area contributed by atoms with E-state index in [1.165, 1.54) is 30.5 Å². The molecule has 1 atom stereocenters. The molecule has 1 aromatic rings. The van der Waals surface area contributed by atoms with Crippen molar-refractivity contribution in [1.29, 1.82) is 0 Å². The quantitative estimate of drug-likeness (QED) is 0.757. The second kappa shape index (κ2) is 4.58. The van der Waals surface area contributed by atoms with E-state index in [-0.39, 0.29) is 0 Å². The van der Waals surface area contributed by atoms with Gasteiger partial charge in [0.1, 0.15) is 0 Å². The number of rotatable bonds is 3. The van der Waals surface area contributed by atoms with Gasteiger partial charge in [-0.05, 0) is 36.9 Å². The van der Waals surface area contributed by atoms with Crippen LogP contribution in [0, 0.1) is 0 Å². The maximum atomic E-state index is 5.55. The lowest BCUT2D eigenvalue weighted by Crippen LogP contribution is -2.23. The van der Waals surface area contributed by atoms with Crippen molar-refractivity contribution in [1.82, 2.24) is 5.32 Å². The third-order valence-electron chi connectivity index (χ3n) is 2.90. The second-order valence-electron chi connectivity index (χ2n) is 4.02. The minimum Gasteiger partial charge on any atom is -0.326 e. The molecule has 2 rings (SSSR count). The Morgan fingerprint density at radius 3 is 2.50 bits per heavy atom. The monoisotopic (exact) mass is 190 g/mol. The number of benzene rings is 1. The summed E-state index contributed by atoms with van der Waals surface area (Å²) in [6.07, 6.45) is 3.80. The predicted octanol–water partition coefficient (Wildman–Crippen LogP) is 1.44. The van der Waals surface area contributed by atoms with E-state index in [1.807, 2.05) is 0 Å². The Morgan fingerprint density at radius 1 is 1.21 bits per heavy atom. The Bertz CT molecular complexity index is 273. The molecular formula is C12H18N2. The van der Waals surface area contributed by atoms with Crippen LogP contribution in [0.3, 0.4) is 0 Å². The van der Waals surface area contributed by atoms with Gasteiger partial charge < -0.3 is 11.1 Å². The average molecular weight is 190 g/mol. The molecule has 0 saturated carbocycles. The molecule has 0 aromatic heterocycles. The molecule has 2 heteroatoms. The molecule has 1 saturated heterocycles. The Kier molecular flexibility index (Phi) is 3.17. The summed E-state index contributed by atoms with van der Waals surface area (Å²) in [4.78, 5) is 0. The smallest absolute Gasteiger partial charge is 0.0178 e. The lowest BCUT2D eigenvalue weighted by molar-refractivity contribution is 0.603. The first-order chi connectivity index (χ1) is 6.88. The van der Waals surface area contributed by atoms with Gasteiger partial charge in [0.05, 0.1) is 0 Å². The third kappa shape index (κ3) is 2.34. The largest absolute Gasteiger partial charge is 0.326 e. The van der Waals surface area contributed by atoms with Crippen molar-refractivity contribution in [2.75, 3.05) is 6.54 Å². The van der Waals surface area contributed by atoms with Crippen LogP contribution < -0.4 is 11.1 Å². The highest BCUT2D eigenvalue weighted by Gasteiger charge is 2.13. The molecule has 0 radical (unpaired) electrons. The van der Waals surface area contributed by atoms with Gasteiger partial charge in [0.2, 0.25) is 0 Å². The fourth-order valence-corrected chi connectivity index (χ4v) is 2.03. The minimum absolute atomic E-state index is 0.641. The van der Waals surface area contributed by atoms with Crippen LogP contribution in [0.15, 0.2) is 24.3 Å². The van der Waals surface area contributed by atoms with E-state index in [1.54, 1.807) is 0 Å². The summed E-state index contributed by atoms with van der Waals surface area (Å²) in [5.41, 5.74) is 8.19.